The molecule has 0 amide bonds. The molecule has 0 N–H and O–H groups in total. The molecule has 0 bridgehead atoms. The Morgan fingerprint density at radius 2 is 2.25 bits per heavy atom. The predicted molar refractivity (Wildman–Crippen MR) is 50.6 cm³/mol. The van der Waals surface area contributed by atoms with Crippen molar-refractivity contribution in [3.63, 3.8) is 0 Å². The van der Waals surface area contributed by atoms with Crippen LogP contribution in [0.4, 0.5) is 0 Å². The molecule has 0 saturated heterocycles. The average molecular weight is 163 g/mol. The number of hydrogen-bond acceptors (Lipinski definition) is 1. The maximum atomic E-state index is 8.31. The summed E-state index contributed by atoms with van der Waals surface area (Å²) in [7, 11) is 0. The molecule has 0 aromatic rings. The maximum Gasteiger partial charge on any atom is 0.0621 e. The van der Waals surface area contributed by atoms with Crippen LogP contribution in [0.5, 0.6) is 0 Å². The minimum atomic E-state index is 0.719. The lowest BCUT2D eigenvalue weighted by Crippen LogP contribution is -1.79. The van der Waals surface area contributed by atoms with Crippen LogP contribution in [0.3, 0.4) is 0 Å². The van der Waals surface area contributed by atoms with Gasteiger partial charge in [-0.05, 0) is 44.9 Å². The smallest absolute Gasteiger partial charge is 0.0621 e. The van der Waals surface area contributed by atoms with E-state index in [0.29, 0.717) is 0 Å². The average Bonchev–Trinajstić information content (AvgIpc) is 2.86. The molecule has 0 aliphatic heterocycles. The van der Waals surface area contributed by atoms with Crippen molar-refractivity contribution in [1.29, 1.82) is 5.26 Å². The molecule has 0 spiro atoms. The summed E-state index contributed by atoms with van der Waals surface area (Å²) in [4.78, 5) is 0. The topological polar surface area (TPSA) is 23.8 Å². The highest BCUT2D eigenvalue weighted by Gasteiger charge is 2.22. The Hall–Kier alpha value is -0.770. The van der Waals surface area contributed by atoms with E-state index in [1.807, 2.05) is 0 Å². The molecule has 1 nitrogen and oxygen atoms in total. The normalized spacial score (nSPS) is 17.5. The highest BCUT2D eigenvalue weighted by molar-refractivity contribution is 5.09. The summed E-state index contributed by atoms with van der Waals surface area (Å²) >= 11 is 0. The zero-order valence-corrected chi connectivity index (χ0v) is 7.84. The third-order valence-corrected chi connectivity index (χ3v) is 2.43. The molecule has 0 aromatic heterocycles. The second kappa shape index (κ2) is 4.98. The summed E-state index contributed by atoms with van der Waals surface area (Å²) in [6.07, 6.45) is 9.29. The number of rotatable bonds is 5. The largest absolute Gasteiger partial charge is 0.198 e. The molecule has 0 atom stereocenters. The molecule has 0 heterocycles. The first-order valence-electron chi connectivity index (χ1n) is 4.88. The van der Waals surface area contributed by atoms with Crippen molar-refractivity contribution < 1.29 is 0 Å². The first-order valence-corrected chi connectivity index (χ1v) is 4.88. The molecule has 1 saturated carbocycles. The van der Waals surface area contributed by atoms with Crippen molar-refractivity contribution in [2.45, 2.75) is 45.4 Å². The van der Waals surface area contributed by atoms with Crippen LogP contribution >= 0.6 is 0 Å². The Kier molecular flexibility index (Phi) is 3.87. The summed E-state index contributed by atoms with van der Waals surface area (Å²) in [5, 5.41) is 8.31. The van der Waals surface area contributed by atoms with Crippen LogP contribution in [0.1, 0.15) is 45.4 Å². The van der Waals surface area contributed by atoms with Crippen molar-refractivity contribution in [2.24, 2.45) is 5.92 Å². The van der Waals surface area contributed by atoms with Crippen LogP contribution in [-0.4, -0.2) is 0 Å². The quantitative estimate of drug-likeness (QED) is 0.450. The summed E-state index contributed by atoms with van der Waals surface area (Å²) < 4.78 is 0. The van der Waals surface area contributed by atoms with Crippen LogP contribution in [0.25, 0.3) is 0 Å². The molecular weight excluding hydrogens is 146 g/mol. The molecule has 66 valence electrons. The second-order valence-electron chi connectivity index (χ2n) is 3.63. The first-order chi connectivity index (χ1) is 5.84. The van der Waals surface area contributed by atoms with E-state index >= 15 is 0 Å². The molecule has 12 heavy (non-hydrogen) atoms. The van der Waals surface area contributed by atoms with Crippen LogP contribution in [0.2, 0.25) is 0 Å². The van der Waals surface area contributed by atoms with Gasteiger partial charge in [-0.25, -0.2) is 0 Å². The molecule has 0 unspecified atom stereocenters. The molecule has 1 rings (SSSR count). The Balaban J connectivity index is 2.00. The molecule has 1 aliphatic rings. The lowest BCUT2D eigenvalue weighted by atomic mass is 10.1. The van der Waals surface area contributed by atoms with Crippen molar-refractivity contribution in [3.8, 4) is 6.07 Å². The van der Waals surface area contributed by atoms with Crippen molar-refractivity contribution >= 4 is 0 Å². The van der Waals surface area contributed by atoms with Crippen LogP contribution in [-0.2, 0) is 0 Å². The molecular formula is C11H17N. The fourth-order valence-corrected chi connectivity index (χ4v) is 1.38. The van der Waals surface area contributed by atoms with E-state index in [1.54, 1.807) is 5.57 Å². The highest BCUT2D eigenvalue weighted by atomic mass is 14.3. The van der Waals surface area contributed by atoms with E-state index in [-0.39, 0.29) is 0 Å². The van der Waals surface area contributed by atoms with Gasteiger partial charge in [0.25, 0.3) is 0 Å². The van der Waals surface area contributed by atoms with Crippen molar-refractivity contribution in [1.82, 2.24) is 0 Å². The SMILES string of the molecule is C/C(=C\CCCCC#N)C1CC1. The Labute approximate surface area is 75.1 Å². The maximum absolute atomic E-state index is 8.31. The summed E-state index contributed by atoms with van der Waals surface area (Å²) in [5.74, 6) is 0.918. The number of hydrogen-bond donors (Lipinski definition) is 0. The van der Waals surface area contributed by atoms with Gasteiger partial charge in [0.05, 0.1) is 6.07 Å². The van der Waals surface area contributed by atoms with E-state index in [1.165, 1.54) is 25.7 Å². The van der Waals surface area contributed by atoms with Gasteiger partial charge in [-0.3, -0.25) is 0 Å². The van der Waals surface area contributed by atoms with E-state index in [9.17, 15) is 0 Å². The van der Waals surface area contributed by atoms with Gasteiger partial charge in [-0.2, -0.15) is 5.26 Å². The molecule has 1 aliphatic carbocycles. The van der Waals surface area contributed by atoms with E-state index in [4.69, 9.17) is 5.26 Å². The lowest BCUT2D eigenvalue weighted by molar-refractivity contribution is 0.761. The molecule has 1 fully saturated rings. The van der Waals surface area contributed by atoms with E-state index in [0.717, 1.165) is 18.8 Å². The Morgan fingerprint density at radius 1 is 1.50 bits per heavy atom. The standard InChI is InChI=1S/C11H17N/c1-10(11-7-8-11)6-4-2-3-5-9-12/h6,11H,2-5,7-8H2,1H3/b10-6+. The number of nitriles is 1. The Morgan fingerprint density at radius 3 is 2.83 bits per heavy atom. The monoisotopic (exact) mass is 163 g/mol. The minimum Gasteiger partial charge on any atom is -0.198 e. The predicted octanol–water partition coefficient (Wildman–Crippen LogP) is 3.43. The summed E-state index contributed by atoms with van der Waals surface area (Å²) in [6.45, 7) is 2.24. The fourth-order valence-electron chi connectivity index (χ4n) is 1.38. The summed E-state index contributed by atoms with van der Waals surface area (Å²) in [5.41, 5.74) is 1.58. The Bertz CT molecular complexity index is 194. The molecule has 0 aromatic carbocycles. The van der Waals surface area contributed by atoms with E-state index < -0.39 is 0 Å². The van der Waals surface area contributed by atoms with Gasteiger partial charge in [-0.1, -0.05) is 11.6 Å². The van der Waals surface area contributed by atoms with Crippen LogP contribution in [0, 0.1) is 17.2 Å². The van der Waals surface area contributed by atoms with Gasteiger partial charge in [0.15, 0.2) is 0 Å². The van der Waals surface area contributed by atoms with Gasteiger partial charge in [0, 0.05) is 6.42 Å². The van der Waals surface area contributed by atoms with Crippen molar-refractivity contribution in [2.75, 3.05) is 0 Å². The van der Waals surface area contributed by atoms with E-state index in [2.05, 4.69) is 19.1 Å². The first kappa shape index (κ1) is 9.32. The van der Waals surface area contributed by atoms with Crippen molar-refractivity contribution in [3.05, 3.63) is 11.6 Å². The van der Waals surface area contributed by atoms with Gasteiger partial charge in [0.1, 0.15) is 0 Å². The van der Waals surface area contributed by atoms with Crippen LogP contribution in [0.15, 0.2) is 11.6 Å². The third-order valence-electron chi connectivity index (χ3n) is 2.43. The zero-order chi connectivity index (χ0) is 8.81. The second-order valence-corrected chi connectivity index (χ2v) is 3.63. The van der Waals surface area contributed by atoms with Gasteiger partial charge < -0.3 is 0 Å². The number of nitrogens with zero attached hydrogens (tertiary/aromatic N) is 1. The highest BCUT2D eigenvalue weighted by Crippen LogP contribution is 2.36. The minimum absolute atomic E-state index is 0.719. The lowest BCUT2D eigenvalue weighted by Gasteiger charge is -1.96. The number of unbranched alkanes of at least 4 members (excludes halogenated alkanes) is 3. The summed E-state index contributed by atoms with van der Waals surface area (Å²) in [6, 6.07) is 2.17. The number of allylic oxidation sites excluding steroid dienone is 2. The van der Waals surface area contributed by atoms with Gasteiger partial charge in [0.2, 0.25) is 0 Å². The molecule has 1 heteroatoms. The zero-order valence-electron chi connectivity index (χ0n) is 7.84. The van der Waals surface area contributed by atoms with Gasteiger partial charge in [-0.15, -0.1) is 0 Å². The fraction of sp³-hybridized carbons (Fsp3) is 0.727. The van der Waals surface area contributed by atoms with Gasteiger partial charge >= 0.3 is 0 Å². The van der Waals surface area contributed by atoms with Crippen LogP contribution < -0.4 is 0 Å². The third kappa shape index (κ3) is 3.57. The molecule has 0 radical (unpaired) electrons.